The normalized spacial score (nSPS) is 18.2. The first-order valence-electron chi connectivity index (χ1n) is 8.45. The highest BCUT2D eigenvalue weighted by atomic mass is 16.2. The second kappa shape index (κ2) is 7.79. The third-order valence-electron chi connectivity index (χ3n) is 4.41. The van der Waals surface area contributed by atoms with E-state index < -0.39 is 6.04 Å². The van der Waals surface area contributed by atoms with Gasteiger partial charge in [0, 0.05) is 20.0 Å². The van der Waals surface area contributed by atoms with Gasteiger partial charge in [-0.3, -0.25) is 9.59 Å². The number of benzene rings is 2. The van der Waals surface area contributed by atoms with Crippen molar-refractivity contribution < 1.29 is 9.59 Å². The number of hydrogen-bond donors (Lipinski definition) is 0. The van der Waals surface area contributed by atoms with E-state index in [-0.39, 0.29) is 18.4 Å². The molecule has 1 fully saturated rings. The van der Waals surface area contributed by atoms with Crippen molar-refractivity contribution >= 4 is 17.9 Å². The van der Waals surface area contributed by atoms with E-state index in [1.165, 1.54) is 4.90 Å². The zero-order valence-corrected chi connectivity index (χ0v) is 14.3. The number of likely N-dealkylation sites (N-methyl/N-ethyl adjacent to an activating group) is 1. The minimum Gasteiger partial charge on any atom is -0.335 e. The molecule has 0 aromatic heterocycles. The Hall–Kier alpha value is -2.88. The predicted molar refractivity (Wildman–Crippen MR) is 98.8 cm³/mol. The first kappa shape index (κ1) is 17.0. The van der Waals surface area contributed by atoms with Crippen molar-refractivity contribution in [2.45, 2.75) is 12.5 Å². The van der Waals surface area contributed by atoms with Crippen LogP contribution in [0.15, 0.2) is 66.7 Å². The van der Waals surface area contributed by atoms with Gasteiger partial charge in [0.25, 0.3) is 0 Å². The van der Waals surface area contributed by atoms with Crippen molar-refractivity contribution in [1.29, 1.82) is 0 Å². The van der Waals surface area contributed by atoms with Gasteiger partial charge in [-0.05, 0) is 11.1 Å². The van der Waals surface area contributed by atoms with Crippen molar-refractivity contribution in [2.75, 3.05) is 20.1 Å². The fourth-order valence-corrected chi connectivity index (χ4v) is 3.06. The molecule has 4 nitrogen and oxygen atoms in total. The molecule has 0 radical (unpaired) electrons. The molecule has 1 atom stereocenters. The molecule has 2 aromatic rings. The third kappa shape index (κ3) is 4.15. The molecule has 1 aliphatic heterocycles. The minimum atomic E-state index is -0.450. The third-order valence-corrected chi connectivity index (χ3v) is 4.41. The summed E-state index contributed by atoms with van der Waals surface area (Å²) in [6.45, 7) is 0.577. The maximum Gasteiger partial charge on any atom is 0.245 e. The van der Waals surface area contributed by atoms with E-state index >= 15 is 0 Å². The number of amides is 2. The molecule has 4 heteroatoms. The molecule has 2 aromatic carbocycles. The Kier molecular flexibility index (Phi) is 5.29. The van der Waals surface area contributed by atoms with E-state index in [9.17, 15) is 9.59 Å². The fourth-order valence-electron chi connectivity index (χ4n) is 3.06. The molecule has 1 heterocycles. The number of rotatable bonds is 5. The molecule has 2 amide bonds. The zero-order valence-electron chi connectivity index (χ0n) is 14.3. The van der Waals surface area contributed by atoms with Crippen LogP contribution in [0, 0.1) is 0 Å². The van der Waals surface area contributed by atoms with Crippen LogP contribution in [0.3, 0.4) is 0 Å². The zero-order chi connectivity index (χ0) is 17.6. The molecule has 0 spiro atoms. The van der Waals surface area contributed by atoms with Crippen LogP contribution in [0.25, 0.3) is 6.08 Å². The van der Waals surface area contributed by atoms with Gasteiger partial charge in [-0.15, -0.1) is 0 Å². The average molecular weight is 334 g/mol. The van der Waals surface area contributed by atoms with Crippen molar-refractivity contribution in [2.24, 2.45) is 0 Å². The van der Waals surface area contributed by atoms with E-state index in [4.69, 9.17) is 0 Å². The smallest absolute Gasteiger partial charge is 0.245 e. The van der Waals surface area contributed by atoms with Crippen LogP contribution < -0.4 is 0 Å². The lowest BCUT2D eigenvalue weighted by Gasteiger charge is -2.38. The van der Waals surface area contributed by atoms with E-state index in [1.54, 1.807) is 11.9 Å². The van der Waals surface area contributed by atoms with Gasteiger partial charge in [-0.1, -0.05) is 72.8 Å². The summed E-state index contributed by atoms with van der Waals surface area (Å²) in [7, 11) is 1.69. The fraction of sp³-hybridized carbons (Fsp3) is 0.238. The van der Waals surface area contributed by atoms with Crippen LogP contribution in [0.2, 0.25) is 0 Å². The van der Waals surface area contributed by atoms with E-state index in [0.29, 0.717) is 13.0 Å². The average Bonchev–Trinajstić information content (AvgIpc) is 2.63. The molecule has 0 saturated carbocycles. The maximum atomic E-state index is 12.6. The first-order valence-corrected chi connectivity index (χ1v) is 8.45. The Balaban J connectivity index is 1.76. The molecule has 0 unspecified atom stereocenters. The van der Waals surface area contributed by atoms with Crippen LogP contribution in [0.5, 0.6) is 0 Å². The lowest BCUT2D eigenvalue weighted by molar-refractivity contribution is -0.153. The maximum absolute atomic E-state index is 12.6. The molecule has 0 N–H and O–H groups in total. The van der Waals surface area contributed by atoms with Crippen LogP contribution in [0.1, 0.15) is 11.1 Å². The van der Waals surface area contributed by atoms with E-state index in [1.807, 2.05) is 72.8 Å². The summed E-state index contributed by atoms with van der Waals surface area (Å²) in [6.07, 6.45) is 4.47. The van der Waals surface area contributed by atoms with Gasteiger partial charge in [-0.2, -0.15) is 0 Å². The van der Waals surface area contributed by atoms with E-state index in [2.05, 4.69) is 0 Å². The number of carbonyl (C=O) groups is 2. The quantitative estimate of drug-likeness (QED) is 0.843. The highest BCUT2D eigenvalue weighted by Crippen LogP contribution is 2.17. The lowest BCUT2D eigenvalue weighted by Crippen LogP contribution is -2.59. The Labute approximate surface area is 148 Å². The van der Waals surface area contributed by atoms with Gasteiger partial charge in [0.1, 0.15) is 6.04 Å². The Morgan fingerprint density at radius 1 is 1.00 bits per heavy atom. The second-order valence-corrected chi connectivity index (χ2v) is 6.26. The van der Waals surface area contributed by atoms with Gasteiger partial charge in [-0.25, -0.2) is 0 Å². The number of piperazine rings is 1. The van der Waals surface area contributed by atoms with Crippen LogP contribution >= 0.6 is 0 Å². The van der Waals surface area contributed by atoms with Crippen LogP contribution in [-0.2, 0) is 16.0 Å². The molecular formula is C21H22N2O2. The summed E-state index contributed by atoms with van der Waals surface area (Å²) in [5.41, 5.74) is 2.14. The molecule has 128 valence electrons. The topological polar surface area (TPSA) is 40.6 Å². The van der Waals surface area contributed by atoms with Gasteiger partial charge in [0.15, 0.2) is 0 Å². The van der Waals surface area contributed by atoms with Gasteiger partial charge in [0.2, 0.25) is 11.8 Å². The van der Waals surface area contributed by atoms with Gasteiger partial charge in [0.05, 0.1) is 6.54 Å². The molecule has 0 bridgehead atoms. The van der Waals surface area contributed by atoms with E-state index in [0.717, 1.165) is 11.1 Å². The summed E-state index contributed by atoms with van der Waals surface area (Å²) >= 11 is 0. The minimum absolute atomic E-state index is 0.00318. The lowest BCUT2D eigenvalue weighted by atomic mass is 10.0. The largest absolute Gasteiger partial charge is 0.335 e. The molecule has 25 heavy (non-hydrogen) atoms. The summed E-state index contributed by atoms with van der Waals surface area (Å²) in [5, 5.41) is 0. The van der Waals surface area contributed by atoms with Crippen molar-refractivity contribution in [3.05, 3.63) is 77.9 Å². The summed E-state index contributed by atoms with van der Waals surface area (Å²) in [5.74, 6) is -0.0164. The highest BCUT2D eigenvalue weighted by Gasteiger charge is 2.36. The SMILES string of the molecule is CN1CC(=O)N(C/C=C/c2ccccc2)[C@@H](Cc2ccccc2)C1=O. The number of carbonyl (C=O) groups excluding carboxylic acids is 2. The number of hydrogen-bond acceptors (Lipinski definition) is 2. The Morgan fingerprint density at radius 3 is 2.32 bits per heavy atom. The molecule has 1 aliphatic rings. The van der Waals surface area contributed by atoms with Crippen molar-refractivity contribution in [3.8, 4) is 0 Å². The predicted octanol–water partition coefficient (Wildman–Crippen LogP) is 2.61. The first-order chi connectivity index (χ1) is 12.1. The highest BCUT2D eigenvalue weighted by molar-refractivity contribution is 5.95. The summed E-state index contributed by atoms with van der Waals surface area (Å²) < 4.78 is 0. The second-order valence-electron chi connectivity index (χ2n) is 6.26. The molecule has 1 saturated heterocycles. The Bertz CT molecular complexity index is 756. The van der Waals surface area contributed by atoms with Crippen LogP contribution in [0.4, 0.5) is 0 Å². The molecule has 3 rings (SSSR count). The van der Waals surface area contributed by atoms with Gasteiger partial charge < -0.3 is 9.80 Å². The Morgan fingerprint density at radius 2 is 1.64 bits per heavy atom. The standard InChI is InChI=1S/C21H22N2O2/c1-22-16-20(24)23(14-8-13-17-9-4-2-5-10-17)19(21(22)25)15-18-11-6-3-7-12-18/h2-13,19H,14-16H2,1H3/b13-8+/t19-/m0/s1. The van der Waals surface area contributed by atoms with Crippen molar-refractivity contribution in [3.63, 3.8) is 0 Å². The van der Waals surface area contributed by atoms with Gasteiger partial charge >= 0.3 is 0 Å². The number of nitrogens with zero attached hydrogens (tertiary/aromatic N) is 2. The van der Waals surface area contributed by atoms with Crippen molar-refractivity contribution in [1.82, 2.24) is 9.80 Å². The van der Waals surface area contributed by atoms with Crippen LogP contribution in [-0.4, -0.2) is 47.8 Å². The molecule has 0 aliphatic carbocycles. The molecular weight excluding hydrogens is 312 g/mol. The summed E-state index contributed by atoms with van der Waals surface area (Å²) in [4.78, 5) is 28.3. The monoisotopic (exact) mass is 334 g/mol. The summed E-state index contributed by atoms with van der Waals surface area (Å²) in [6, 6.07) is 19.3.